The molecule has 0 unspecified atom stereocenters. The Kier molecular flexibility index (Phi) is 5.36. The van der Waals surface area contributed by atoms with E-state index in [9.17, 15) is 19.7 Å². The van der Waals surface area contributed by atoms with Crippen molar-refractivity contribution in [1.29, 1.82) is 0 Å². The third-order valence-corrected chi connectivity index (χ3v) is 5.25. The van der Waals surface area contributed by atoms with Gasteiger partial charge in [0.05, 0.1) is 10.5 Å². The number of amides is 2. The van der Waals surface area contributed by atoms with Crippen LogP contribution in [-0.2, 0) is 6.42 Å². The molecule has 0 aliphatic carbocycles. The molecule has 156 valence electrons. The molecule has 0 saturated heterocycles. The molecule has 2 N–H and O–H groups in total. The van der Waals surface area contributed by atoms with Crippen LogP contribution in [0.15, 0.2) is 66.7 Å². The van der Waals surface area contributed by atoms with Crippen molar-refractivity contribution in [1.82, 2.24) is 0 Å². The molecule has 3 aromatic carbocycles. The number of nitro groups is 1. The van der Waals surface area contributed by atoms with E-state index in [0.717, 1.165) is 17.7 Å². The first-order valence-electron chi connectivity index (χ1n) is 9.75. The van der Waals surface area contributed by atoms with Crippen molar-refractivity contribution in [3.8, 4) is 0 Å². The van der Waals surface area contributed by atoms with Crippen LogP contribution in [0.2, 0.25) is 0 Å². The Labute approximate surface area is 178 Å². The Morgan fingerprint density at radius 3 is 2.48 bits per heavy atom. The number of anilines is 3. The molecule has 1 heterocycles. The summed E-state index contributed by atoms with van der Waals surface area (Å²) in [6.07, 6.45) is 0.826. The maximum absolute atomic E-state index is 12.9. The van der Waals surface area contributed by atoms with Gasteiger partial charge in [0.1, 0.15) is 0 Å². The van der Waals surface area contributed by atoms with Gasteiger partial charge in [0.2, 0.25) is 0 Å². The lowest BCUT2D eigenvalue weighted by molar-refractivity contribution is -0.384. The van der Waals surface area contributed by atoms with E-state index in [1.807, 2.05) is 24.3 Å². The molecule has 0 aromatic heterocycles. The number of nitrogens with zero attached hydrogens (tertiary/aromatic N) is 2. The molecular formula is C23H20N4O4. The van der Waals surface area contributed by atoms with E-state index in [-0.39, 0.29) is 17.2 Å². The minimum atomic E-state index is -0.548. The van der Waals surface area contributed by atoms with E-state index in [0.29, 0.717) is 23.5 Å². The van der Waals surface area contributed by atoms with Crippen LogP contribution < -0.4 is 15.5 Å². The Morgan fingerprint density at radius 1 is 1.03 bits per heavy atom. The molecule has 0 radical (unpaired) electrons. The van der Waals surface area contributed by atoms with Crippen molar-refractivity contribution in [3.05, 3.63) is 93.5 Å². The fourth-order valence-corrected chi connectivity index (χ4v) is 3.65. The second-order valence-electron chi connectivity index (χ2n) is 7.10. The number of benzene rings is 3. The van der Waals surface area contributed by atoms with Crippen molar-refractivity contribution < 1.29 is 14.5 Å². The van der Waals surface area contributed by atoms with E-state index in [4.69, 9.17) is 0 Å². The van der Waals surface area contributed by atoms with E-state index >= 15 is 0 Å². The predicted molar refractivity (Wildman–Crippen MR) is 119 cm³/mol. The molecule has 0 atom stereocenters. The van der Waals surface area contributed by atoms with Crippen LogP contribution in [0.4, 0.5) is 22.7 Å². The number of hydrogen-bond donors (Lipinski definition) is 2. The molecule has 1 aliphatic heterocycles. The molecule has 0 bridgehead atoms. The summed E-state index contributed by atoms with van der Waals surface area (Å²) in [5.74, 6) is -0.584. The molecule has 0 saturated carbocycles. The minimum Gasteiger partial charge on any atom is -0.387 e. The van der Waals surface area contributed by atoms with Gasteiger partial charge in [0.15, 0.2) is 0 Å². The number of para-hydroxylation sites is 1. The second kappa shape index (κ2) is 8.27. The normalized spacial score (nSPS) is 12.2. The molecule has 2 amide bonds. The van der Waals surface area contributed by atoms with E-state index in [1.54, 1.807) is 36.2 Å². The number of nitrogens with one attached hydrogen (secondary N) is 2. The molecule has 3 aromatic rings. The maximum Gasteiger partial charge on any atom is 0.270 e. The minimum absolute atomic E-state index is 0.0982. The SMILES string of the molecule is CNc1ccc([N+](=O)[O-])cc1C(=O)Nc1ccc(C(=O)N2CCc3ccccc32)cc1. The standard InChI is InChI=1S/C23H20N4O4/c1-24-20-11-10-18(27(30)31)14-19(20)22(28)25-17-8-6-16(7-9-17)23(29)26-13-12-15-4-2-3-5-21(15)26/h2-11,14,24H,12-13H2,1H3,(H,25,28). The van der Waals surface area contributed by atoms with Gasteiger partial charge in [0.25, 0.3) is 17.5 Å². The summed E-state index contributed by atoms with van der Waals surface area (Å²) < 4.78 is 0. The van der Waals surface area contributed by atoms with Crippen LogP contribution in [-0.4, -0.2) is 30.3 Å². The molecule has 4 rings (SSSR count). The lowest BCUT2D eigenvalue weighted by atomic mass is 10.1. The zero-order valence-electron chi connectivity index (χ0n) is 16.8. The van der Waals surface area contributed by atoms with Gasteiger partial charge in [-0.3, -0.25) is 19.7 Å². The van der Waals surface area contributed by atoms with Gasteiger partial charge in [-0.15, -0.1) is 0 Å². The number of fused-ring (bicyclic) bond motifs is 1. The molecular weight excluding hydrogens is 396 g/mol. The summed E-state index contributed by atoms with van der Waals surface area (Å²) in [6, 6.07) is 18.5. The number of carbonyl (C=O) groups excluding carboxylic acids is 2. The summed E-state index contributed by atoms with van der Waals surface area (Å²) in [5, 5.41) is 16.6. The Balaban J connectivity index is 1.51. The molecule has 8 heteroatoms. The van der Waals surface area contributed by atoms with Crippen molar-refractivity contribution >= 4 is 34.6 Å². The maximum atomic E-state index is 12.9. The van der Waals surface area contributed by atoms with Gasteiger partial charge in [-0.05, 0) is 48.4 Å². The van der Waals surface area contributed by atoms with Crippen molar-refractivity contribution in [3.63, 3.8) is 0 Å². The highest BCUT2D eigenvalue weighted by atomic mass is 16.6. The quantitative estimate of drug-likeness (QED) is 0.481. The van der Waals surface area contributed by atoms with E-state index < -0.39 is 10.8 Å². The first-order valence-corrected chi connectivity index (χ1v) is 9.75. The van der Waals surface area contributed by atoms with Crippen LogP contribution in [0.1, 0.15) is 26.3 Å². The van der Waals surface area contributed by atoms with Gasteiger partial charge in [-0.2, -0.15) is 0 Å². The number of rotatable bonds is 5. The first-order chi connectivity index (χ1) is 15.0. The first kappa shape index (κ1) is 20.1. The van der Waals surface area contributed by atoms with Crippen molar-refractivity contribution in [2.75, 3.05) is 29.1 Å². The zero-order chi connectivity index (χ0) is 22.0. The van der Waals surface area contributed by atoms with Crippen LogP contribution in [0.3, 0.4) is 0 Å². The Bertz CT molecular complexity index is 1170. The van der Waals surface area contributed by atoms with Crippen molar-refractivity contribution in [2.24, 2.45) is 0 Å². The average molecular weight is 416 g/mol. The summed E-state index contributed by atoms with van der Waals surface area (Å²) in [7, 11) is 1.63. The molecule has 0 fully saturated rings. The summed E-state index contributed by atoms with van der Waals surface area (Å²) in [6.45, 7) is 0.635. The summed E-state index contributed by atoms with van der Waals surface area (Å²) in [4.78, 5) is 37.8. The van der Waals surface area contributed by atoms with Crippen molar-refractivity contribution in [2.45, 2.75) is 6.42 Å². The summed E-state index contributed by atoms with van der Waals surface area (Å²) in [5.41, 5.74) is 3.54. The topological polar surface area (TPSA) is 105 Å². The van der Waals surface area contributed by atoms with Crippen LogP contribution in [0.25, 0.3) is 0 Å². The lowest BCUT2D eigenvalue weighted by Crippen LogP contribution is -2.28. The fourth-order valence-electron chi connectivity index (χ4n) is 3.65. The van der Waals surface area contributed by atoms with Crippen LogP contribution in [0.5, 0.6) is 0 Å². The highest BCUT2D eigenvalue weighted by molar-refractivity contribution is 6.09. The predicted octanol–water partition coefficient (Wildman–Crippen LogP) is 4.09. The molecule has 31 heavy (non-hydrogen) atoms. The molecule has 0 spiro atoms. The van der Waals surface area contributed by atoms with E-state index in [2.05, 4.69) is 10.6 Å². The molecule has 8 nitrogen and oxygen atoms in total. The smallest absolute Gasteiger partial charge is 0.270 e. The van der Waals surface area contributed by atoms with Gasteiger partial charge >= 0.3 is 0 Å². The number of nitro benzene ring substituents is 1. The van der Waals surface area contributed by atoms with Gasteiger partial charge in [-0.25, -0.2) is 0 Å². The third-order valence-electron chi connectivity index (χ3n) is 5.25. The van der Waals surface area contributed by atoms with Gasteiger partial charge in [0, 0.05) is 48.4 Å². The Morgan fingerprint density at radius 2 is 1.77 bits per heavy atom. The Hall–Kier alpha value is -4.20. The average Bonchev–Trinajstić information content (AvgIpc) is 3.22. The molecule has 1 aliphatic rings. The zero-order valence-corrected chi connectivity index (χ0v) is 16.8. The van der Waals surface area contributed by atoms with Crippen LogP contribution in [0, 0.1) is 10.1 Å². The number of hydrogen-bond acceptors (Lipinski definition) is 5. The van der Waals surface area contributed by atoms with Gasteiger partial charge in [-0.1, -0.05) is 18.2 Å². The largest absolute Gasteiger partial charge is 0.387 e. The highest BCUT2D eigenvalue weighted by Crippen LogP contribution is 2.29. The van der Waals surface area contributed by atoms with Gasteiger partial charge < -0.3 is 15.5 Å². The fraction of sp³-hybridized carbons (Fsp3) is 0.130. The lowest BCUT2D eigenvalue weighted by Gasteiger charge is -2.17. The number of carbonyl (C=O) groups is 2. The number of non-ortho nitro benzene ring substituents is 1. The monoisotopic (exact) mass is 416 g/mol. The van der Waals surface area contributed by atoms with E-state index in [1.165, 1.54) is 18.2 Å². The third kappa shape index (κ3) is 3.95. The van der Waals surface area contributed by atoms with Crippen LogP contribution >= 0.6 is 0 Å². The summed E-state index contributed by atoms with van der Waals surface area (Å²) >= 11 is 0. The highest BCUT2D eigenvalue weighted by Gasteiger charge is 2.25. The second-order valence-corrected chi connectivity index (χ2v) is 7.10.